The maximum atomic E-state index is 5.47. The average Bonchev–Trinajstić information content (AvgIpc) is 2.34. The summed E-state index contributed by atoms with van der Waals surface area (Å²) in [6.45, 7) is 9.68. The SMILES string of the molecule is CCC(C)(CNC)Cc1ncc(C)c(OC)c1C. The highest BCUT2D eigenvalue weighted by Gasteiger charge is 2.24. The topological polar surface area (TPSA) is 34.2 Å². The van der Waals surface area contributed by atoms with Crippen LogP contribution in [0.25, 0.3) is 0 Å². The predicted octanol–water partition coefficient (Wildman–Crippen LogP) is 2.89. The Balaban J connectivity index is 3.04. The van der Waals surface area contributed by atoms with Crippen molar-refractivity contribution in [2.24, 2.45) is 5.41 Å². The fourth-order valence-electron chi connectivity index (χ4n) is 2.39. The van der Waals surface area contributed by atoms with E-state index in [9.17, 15) is 0 Å². The number of nitrogens with zero attached hydrogens (tertiary/aromatic N) is 1. The number of methoxy groups -OCH3 is 1. The number of rotatable bonds is 6. The predicted molar refractivity (Wildman–Crippen MR) is 76.3 cm³/mol. The third-order valence-corrected chi connectivity index (χ3v) is 3.80. The summed E-state index contributed by atoms with van der Waals surface area (Å²) in [6, 6.07) is 0. The van der Waals surface area contributed by atoms with Crippen molar-refractivity contribution in [2.45, 2.75) is 40.5 Å². The summed E-state index contributed by atoms with van der Waals surface area (Å²) >= 11 is 0. The largest absolute Gasteiger partial charge is 0.496 e. The molecule has 18 heavy (non-hydrogen) atoms. The Morgan fingerprint density at radius 1 is 1.39 bits per heavy atom. The van der Waals surface area contributed by atoms with Gasteiger partial charge < -0.3 is 10.1 Å². The molecule has 0 fully saturated rings. The molecule has 0 radical (unpaired) electrons. The third-order valence-electron chi connectivity index (χ3n) is 3.80. The monoisotopic (exact) mass is 250 g/mol. The normalized spacial score (nSPS) is 14.3. The van der Waals surface area contributed by atoms with Gasteiger partial charge in [0.2, 0.25) is 0 Å². The van der Waals surface area contributed by atoms with Crippen molar-refractivity contribution in [1.82, 2.24) is 10.3 Å². The Morgan fingerprint density at radius 2 is 2.06 bits per heavy atom. The van der Waals surface area contributed by atoms with Gasteiger partial charge in [-0.2, -0.15) is 0 Å². The highest BCUT2D eigenvalue weighted by atomic mass is 16.5. The van der Waals surface area contributed by atoms with Gasteiger partial charge in [0, 0.05) is 29.6 Å². The van der Waals surface area contributed by atoms with Crippen LogP contribution in [-0.2, 0) is 6.42 Å². The number of nitrogens with one attached hydrogen (secondary N) is 1. The van der Waals surface area contributed by atoms with Gasteiger partial charge in [-0.15, -0.1) is 0 Å². The zero-order chi connectivity index (χ0) is 13.8. The molecule has 0 aliphatic carbocycles. The van der Waals surface area contributed by atoms with Gasteiger partial charge >= 0.3 is 0 Å². The minimum Gasteiger partial charge on any atom is -0.496 e. The molecule has 0 saturated carbocycles. The first kappa shape index (κ1) is 15.0. The van der Waals surface area contributed by atoms with Crippen LogP contribution in [0, 0.1) is 19.3 Å². The summed E-state index contributed by atoms with van der Waals surface area (Å²) in [7, 11) is 3.73. The van der Waals surface area contributed by atoms with E-state index in [2.05, 4.69) is 31.1 Å². The van der Waals surface area contributed by atoms with E-state index in [-0.39, 0.29) is 5.41 Å². The van der Waals surface area contributed by atoms with Crippen LogP contribution in [0.5, 0.6) is 5.75 Å². The summed E-state index contributed by atoms with van der Waals surface area (Å²) in [5.74, 6) is 0.975. The van der Waals surface area contributed by atoms with Crippen LogP contribution in [0.3, 0.4) is 0 Å². The highest BCUT2D eigenvalue weighted by Crippen LogP contribution is 2.30. The maximum Gasteiger partial charge on any atom is 0.128 e. The molecule has 0 aliphatic heterocycles. The lowest BCUT2D eigenvalue weighted by Crippen LogP contribution is -2.31. The summed E-state index contributed by atoms with van der Waals surface area (Å²) in [6.07, 6.45) is 4.02. The molecule has 1 atom stereocenters. The number of aromatic nitrogens is 1. The van der Waals surface area contributed by atoms with Crippen LogP contribution < -0.4 is 10.1 Å². The molecular formula is C15H26N2O. The lowest BCUT2D eigenvalue weighted by atomic mass is 9.81. The molecule has 3 nitrogen and oxygen atoms in total. The first-order valence-electron chi connectivity index (χ1n) is 6.61. The molecule has 1 rings (SSSR count). The zero-order valence-electron chi connectivity index (χ0n) is 12.6. The second kappa shape index (κ2) is 6.19. The van der Waals surface area contributed by atoms with E-state index in [0.717, 1.165) is 36.4 Å². The highest BCUT2D eigenvalue weighted by molar-refractivity contribution is 5.41. The second-order valence-electron chi connectivity index (χ2n) is 5.42. The number of hydrogen-bond donors (Lipinski definition) is 1. The molecule has 0 spiro atoms. The first-order valence-corrected chi connectivity index (χ1v) is 6.61. The summed E-state index contributed by atoms with van der Waals surface area (Å²) < 4.78 is 5.47. The van der Waals surface area contributed by atoms with Crippen LogP contribution in [0.1, 0.15) is 37.1 Å². The van der Waals surface area contributed by atoms with Crippen LogP contribution in [0.2, 0.25) is 0 Å². The minimum atomic E-state index is 0.243. The standard InChI is InChI=1S/C15H26N2O/c1-7-15(4,10-16-5)8-13-12(3)14(18-6)11(2)9-17-13/h9,16H,7-8,10H2,1-6H3. The Bertz CT molecular complexity index is 404. The quantitative estimate of drug-likeness (QED) is 0.843. The van der Waals surface area contributed by atoms with Gasteiger partial charge in [0.15, 0.2) is 0 Å². The summed E-state index contributed by atoms with van der Waals surface area (Å²) in [4.78, 5) is 4.59. The van der Waals surface area contributed by atoms with Crippen molar-refractivity contribution in [1.29, 1.82) is 0 Å². The Morgan fingerprint density at radius 3 is 2.56 bits per heavy atom. The van der Waals surface area contributed by atoms with Gasteiger partial charge in [0.1, 0.15) is 5.75 Å². The van der Waals surface area contributed by atoms with Gasteiger partial charge in [-0.3, -0.25) is 4.98 Å². The number of ether oxygens (including phenoxy) is 1. The number of pyridine rings is 1. The second-order valence-corrected chi connectivity index (χ2v) is 5.42. The minimum absolute atomic E-state index is 0.243. The van der Waals surface area contributed by atoms with E-state index in [4.69, 9.17) is 4.74 Å². The van der Waals surface area contributed by atoms with Crippen molar-refractivity contribution in [3.8, 4) is 5.75 Å². The Hall–Kier alpha value is -1.09. The molecule has 1 heterocycles. The molecule has 1 unspecified atom stereocenters. The fraction of sp³-hybridized carbons (Fsp3) is 0.667. The van der Waals surface area contributed by atoms with E-state index >= 15 is 0 Å². The fourth-order valence-corrected chi connectivity index (χ4v) is 2.39. The van der Waals surface area contributed by atoms with Gasteiger partial charge in [-0.05, 0) is 39.2 Å². The lowest BCUT2D eigenvalue weighted by molar-refractivity contribution is 0.294. The molecule has 1 N–H and O–H groups in total. The van der Waals surface area contributed by atoms with Gasteiger partial charge in [-0.25, -0.2) is 0 Å². The van der Waals surface area contributed by atoms with E-state index in [0.29, 0.717) is 0 Å². The molecule has 3 heteroatoms. The molecule has 0 aliphatic rings. The van der Waals surface area contributed by atoms with Crippen molar-refractivity contribution < 1.29 is 4.74 Å². The molecule has 0 bridgehead atoms. The van der Waals surface area contributed by atoms with Crippen LogP contribution >= 0.6 is 0 Å². The third kappa shape index (κ3) is 3.22. The summed E-state index contributed by atoms with van der Waals surface area (Å²) in [5, 5.41) is 3.28. The van der Waals surface area contributed by atoms with Crippen molar-refractivity contribution in [3.63, 3.8) is 0 Å². The lowest BCUT2D eigenvalue weighted by Gasteiger charge is -2.28. The van der Waals surface area contributed by atoms with E-state index in [1.165, 1.54) is 5.56 Å². The van der Waals surface area contributed by atoms with Crippen LogP contribution in [-0.4, -0.2) is 25.7 Å². The van der Waals surface area contributed by atoms with Crippen LogP contribution in [0.15, 0.2) is 6.20 Å². The van der Waals surface area contributed by atoms with Gasteiger partial charge in [0.25, 0.3) is 0 Å². The average molecular weight is 250 g/mol. The molecule has 0 saturated heterocycles. The Labute approximate surface area is 111 Å². The van der Waals surface area contributed by atoms with E-state index in [1.54, 1.807) is 7.11 Å². The molecule has 1 aromatic heterocycles. The van der Waals surface area contributed by atoms with Crippen LogP contribution in [0.4, 0.5) is 0 Å². The van der Waals surface area contributed by atoms with Gasteiger partial charge in [-0.1, -0.05) is 13.8 Å². The first-order chi connectivity index (χ1) is 8.47. The van der Waals surface area contributed by atoms with Crippen molar-refractivity contribution >= 4 is 0 Å². The molecule has 102 valence electrons. The summed E-state index contributed by atoms with van der Waals surface area (Å²) in [5.41, 5.74) is 3.67. The van der Waals surface area contributed by atoms with E-state index in [1.807, 2.05) is 20.2 Å². The molecular weight excluding hydrogens is 224 g/mol. The molecule has 1 aromatic rings. The maximum absolute atomic E-state index is 5.47. The molecule has 0 amide bonds. The van der Waals surface area contributed by atoms with Crippen molar-refractivity contribution in [3.05, 3.63) is 23.0 Å². The smallest absolute Gasteiger partial charge is 0.128 e. The number of hydrogen-bond acceptors (Lipinski definition) is 3. The zero-order valence-corrected chi connectivity index (χ0v) is 12.6. The molecule has 0 aromatic carbocycles. The van der Waals surface area contributed by atoms with Crippen molar-refractivity contribution in [2.75, 3.05) is 20.7 Å². The van der Waals surface area contributed by atoms with E-state index < -0.39 is 0 Å². The van der Waals surface area contributed by atoms with Gasteiger partial charge in [0.05, 0.1) is 7.11 Å². The Kier molecular flexibility index (Phi) is 5.15. The number of aryl methyl sites for hydroxylation is 1.